The Morgan fingerprint density at radius 2 is 1.58 bits per heavy atom. The molecule has 0 saturated heterocycles. The molecule has 0 aliphatic rings. The first-order valence-corrected chi connectivity index (χ1v) is 8.01. The number of esters is 1. The fourth-order valence-electron chi connectivity index (χ4n) is 2.41. The van der Waals surface area contributed by atoms with E-state index < -0.39 is 5.97 Å². The summed E-state index contributed by atoms with van der Waals surface area (Å²) in [5, 5.41) is 2.79. The number of amides is 1. The summed E-state index contributed by atoms with van der Waals surface area (Å²) < 4.78 is 5.09. The van der Waals surface area contributed by atoms with Crippen LogP contribution in [0.3, 0.4) is 0 Å². The van der Waals surface area contributed by atoms with Gasteiger partial charge in [0.05, 0.1) is 5.56 Å². The first-order chi connectivity index (χ1) is 11.4. The van der Waals surface area contributed by atoms with Crippen LogP contribution in [0, 0.1) is 13.8 Å². The summed E-state index contributed by atoms with van der Waals surface area (Å²) in [7, 11) is 0. The fraction of sp³-hybridized carbons (Fsp3) is 0.300. The summed E-state index contributed by atoms with van der Waals surface area (Å²) in [4.78, 5) is 24.0. The lowest BCUT2D eigenvalue weighted by Gasteiger charge is -2.12. The highest BCUT2D eigenvalue weighted by atomic mass is 16.5. The van der Waals surface area contributed by atoms with E-state index in [0.29, 0.717) is 11.5 Å². The molecule has 0 aliphatic carbocycles. The molecule has 0 spiro atoms. The van der Waals surface area contributed by atoms with Crippen molar-refractivity contribution >= 4 is 17.6 Å². The Morgan fingerprint density at radius 1 is 1.00 bits per heavy atom. The van der Waals surface area contributed by atoms with Crippen LogP contribution in [0.2, 0.25) is 0 Å². The number of para-hydroxylation sites is 1. The lowest BCUT2D eigenvalue weighted by molar-refractivity contribution is -0.119. The minimum Gasteiger partial charge on any atom is -0.452 e. The van der Waals surface area contributed by atoms with Gasteiger partial charge < -0.3 is 10.1 Å². The molecule has 0 bridgehead atoms. The largest absolute Gasteiger partial charge is 0.452 e. The van der Waals surface area contributed by atoms with Gasteiger partial charge in [-0.3, -0.25) is 4.79 Å². The number of nitrogens with one attached hydrogen (secondary N) is 1. The van der Waals surface area contributed by atoms with Crippen molar-refractivity contribution in [2.24, 2.45) is 0 Å². The second kappa shape index (κ2) is 7.77. The van der Waals surface area contributed by atoms with Crippen molar-refractivity contribution in [1.29, 1.82) is 0 Å². The maximum absolute atomic E-state index is 12.0. The van der Waals surface area contributed by atoms with Crippen LogP contribution in [0.4, 0.5) is 5.69 Å². The highest BCUT2D eigenvalue weighted by Crippen LogP contribution is 2.19. The molecule has 2 aromatic rings. The molecular formula is C20H23NO3. The van der Waals surface area contributed by atoms with Crippen LogP contribution in [-0.4, -0.2) is 18.5 Å². The Bertz CT molecular complexity index is 713. The van der Waals surface area contributed by atoms with Gasteiger partial charge in [-0.2, -0.15) is 0 Å². The normalized spacial score (nSPS) is 10.5. The van der Waals surface area contributed by atoms with E-state index in [0.717, 1.165) is 22.4 Å². The molecule has 0 heterocycles. The molecule has 0 radical (unpaired) electrons. The lowest BCUT2D eigenvalue weighted by atomic mass is 10.0. The number of rotatable bonds is 5. The number of benzene rings is 2. The third-order valence-corrected chi connectivity index (χ3v) is 3.89. The number of ether oxygens (including phenoxy) is 1. The predicted molar refractivity (Wildman–Crippen MR) is 95.4 cm³/mol. The quantitative estimate of drug-likeness (QED) is 0.837. The van der Waals surface area contributed by atoms with Crippen LogP contribution in [0.5, 0.6) is 0 Å². The van der Waals surface area contributed by atoms with Gasteiger partial charge in [0.15, 0.2) is 6.61 Å². The fourth-order valence-corrected chi connectivity index (χ4v) is 2.41. The van der Waals surface area contributed by atoms with Crippen molar-refractivity contribution in [2.45, 2.75) is 33.6 Å². The van der Waals surface area contributed by atoms with E-state index in [1.54, 1.807) is 12.1 Å². The van der Waals surface area contributed by atoms with Crippen LogP contribution in [0.15, 0.2) is 42.5 Å². The molecule has 1 N–H and O–H groups in total. The summed E-state index contributed by atoms with van der Waals surface area (Å²) in [5.41, 5.74) is 4.30. The average molecular weight is 325 g/mol. The van der Waals surface area contributed by atoms with Gasteiger partial charge in [-0.05, 0) is 48.6 Å². The number of hydrogen-bond donors (Lipinski definition) is 1. The van der Waals surface area contributed by atoms with Crippen molar-refractivity contribution in [3.8, 4) is 0 Å². The molecule has 0 aromatic heterocycles. The number of carbonyl (C=O) groups is 2. The summed E-state index contributed by atoms with van der Waals surface area (Å²) in [6.45, 7) is 7.71. The number of anilines is 1. The Kier molecular flexibility index (Phi) is 5.74. The summed E-state index contributed by atoms with van der Waals surface area (Å²) >= 11 is 0. The van der Waals surface area contributed by atoms with Crippen LogP contribution in [-0.2, 0) is 9.53 Å². The molecular weight excluding hydrogens is 302 g/mol. The predicted octanol–water partition coefficient (Wildman–Crippen LogP) is 4.22. The smallest absolute Gasteiger partial charge is 0.338 e. The van der Waals surface area contributed by atoms with Gasteiger partial charge >= 0.3 is 5.97 Å². The van der Waals surface area contributed by atoms with Crippen LogP contribution < -0.4 is 5.32 Å². The first kappa shape index (κ1) is 17.7. The molecule has 1 amide bonds. The Labute approximate surface area is 142 Å². The molecule has 0 aliphatic heterocycles. The molecule has 4 heteroatoms. The molecule has 2 aromatic carbocycles. The van der Waals surface area contributed by atoms with E-state index in [2.05, 4.69) is 19.2 Å². The van der Waals surface area contributed by atoms with Crippen molar-refractivity contribution in [2.75, 3.05) is 11.9 Å². The minimum absolute atomic E-state index is 0.307. The maximum atomic E-state index is 12.0. The maximum Gasteiger partial charge on any atom is 0.338 e. The monoisotopic (exact) mass is 325 g/mol. The molecule has 0 fully saturated rings. The Morgan fingerprint density at radius 3 is 2.12 bits per heavy atom. The second-order valence-corrected chi connectivity index (χ2v) is 6.17. The topological polar surface area (TPSA) is 55.4 Å². The zero-order chi connectivity index (χ0) is 17.7. The minimum atomic E-state index is -0.498. The molecule has 126 valence electrons. The number of hydrogen-bond acceptors (Lipinski definition) is 3. The number of carbonyl (C=O) groups excluding carboxylic acids is 2. The van der Waals surface area contributed by atoms with Gasteiger partial charge in [-0.25, -0.2) is 4.79 Å². The lowest BCUT2D eigenvalue weighted by Crippen LogP contribution is -2.21. The standard InChI is InChI=1S/C20H23NO3/c1-13(2)16-8-10-17(11-9-16)20(23)24-12-18(22)21-19-14(3)6-5-7-15(19)4/h5-11,13H,12H2,1-4H3,(H,21,22). The summed E-state index contributed by atoms with van der Waals surface area (Å²) in [6, 6.07) is 13.0. The van der Waals surface area contributed by atoms with E-state index in [1.807, 2.05) is 44.2 Å². The van der Waals surface area contributed by atoms with Crippen molar-refractivity contribution in [3.63, 3.8) is 0 Å². The Hall–Kier alpha value is -2.62. The molecule has 2 rings (SSSR count). The van der Waals surface area contributed by atoms with E-state index in [1.165, 1.54) is 0 Å². The van der Waals surface area contributed by atoms with E-state index >= 15 is 0 Å². The average Bonchev–Trinajstić information content (AvgIpc) is 2.56. The number of aryl methyl sites for hydroxylation is 2. The van der Waals surface area contributed by atoms with Gasteiger partial charge in [0, 0.05) is 5.69 Å². The van der Waals surface area contributed by atoms with Crippen molar-refractivity contribution in [1.82, 2.24) is 0 Å². The SMILES string of the molecule is Cc1cccc(C)c1NC(=O)COC(=O)c1ccc(C(C)C)cc1. The Balaban J connectivity index is 1.92. The molecule has 0 atom stereocenters. The molecule has 0 unspecified atom stereocenters. The molecule has 24 heavy (non-hydrogen) atoms. The highest BCUT2D eigenvalue weighted by Gasteiger charge is 2.12. The van der Waals surface area contributed by atoms with Crippen molar-refractivity contribution < 1.29 is 14.3 Å². The van der Waals surface area contributed by atoms with Gasteiger partial charge in [0.25, 0.3) is 5.91 Å². The van der Waals surface area contributed by atoms with E-state index in [9.17, 15) is 9.59 Å². The van der Waals surface area contributed by atoms with E-state index in [4.69, 9.17) is 4.74 Å². The third-order valence-electron chi connectivity index (χ3n) is 3.89. The molecule has 4 nitrogen and oxygen atoms in total. The van der Waals surface area contributed by atoms with Crippen molar-refractivity contribution in [3.05, 3.63) is 64.7 Å². The molecule has 0 saturated carbocycles. The first-order valence-electron chi connectivity index (χ1n) is 8.01. The van der Waals surface area contributed by atoms with Crippen LogP contribution >= 0.6 is 0 Å². The van der Waals surface area contributed by atoms with Crippen LogP contribution in [0.25, 0.3) is 0 Å². The van der Waals surface area contributed by atoms with Crippen LogP contribution in [0.1, 0.15) is 46.8 Å². The second-order valence-electron chi connectivity index (χ2n) is 6.17. The van der Waals surface area contributed by atoms with Gasteiger partial charge in [0.2, 0.25) is 0 Å². The van der Waals surface area contributed by atoms with Gasteiger partial charge in [0.1, 0.15) is 0 Å². The summed E-state index contributed by atoms with van der Waals surface area (Å²) in [6.07, 6.45) is 0. The third kappa shape index (κ3) is 4.44. The zero-order valence-electron chi connectivity index (χ0n) is 14.6. The highest BCUT2D eigenvalue weighted by molar-refractivity contribution is 5.96. The van der Waals surface area contributed by atoms with Gasteiger partial charge in [-0.15, -0.1) is 0 Å². The van der Waals surface area contributed by atoms with E-state index in [-0.39, 0.29) is 12.5 Å². The zero-order valence-corrected chi connectivity index (χ0v) is 14.6. The summed E-state index contributed by atoms with van der Waals surface area (Å²) in [5.74, 6) is -0.445. The van der Waals surface area contributed by atoms with Gasteiger partial charge in [-0.1, -0.05) is 44.2 Å².